The highest BCUT2D eigenvalue weighted by Gasteiger charge is 2.27. The predicted molar refractivity (Wildman–Crippen MR) is 128 cm³/mol. The van der Waals surface area contributed by atoms with Crippen LogP contribution in [0.15, 0.2) is 48.5 Å². The fourth-order valence-electron chi connectivity index (χ4n) is 4.16. The Morgan fingerprint density at radius 2 is 1.91 bits per heavy atom. The summed E-state index contributed by atoms with van der Waals surface area (Å²) in [7, 11) is 1.66. The van der Waals surface area contributed by atoms with Gasteiger partial charge in [-0.2, -0.15) is 0 Å². The van der Waals surface area contributed by atoms with E-state index in [4.69, 9.17) is 4.74 Å². The first-order valence-electron chi connectivity index (χ1n) is 11.4. The Kier molecular flexibility index (Phi) is 8.14. The lowest BCUT2D eigenvalue weighted by atomic mass is 10.00. The van der Waals surface area contributed by atoms with Crippen LogP contribution in [0.3, 0.4) is 0 Å². The molecule has 6 nitrogen and oxygen atoms in total. The molecular weight excluding hydrogens is 402 g/mol. The predicted octanol–water partition coefficient (Wildman–Crippen LogP) is 3.93. The molecular formula is C26H35N3O3. The Labute approximate surface area is 191 Å². The average Bonchev–Trinajstić information content (AvgIpc) is 2.78. The zero-order valence-corrected chi connectivity index (χ0v) is 19.6. The molecule has 1 aliphatic heterocycles. The summed E-state index contributed by atoms with van der Waals surface area (Å²) < 4.78 is 5.25. The fraction of sp³-hybridized carbons (Fsp3) is 0.462. The van der Waals surface area contributed by atoms with Crippen LogP contribution >= 0.6 is 0 Å². The van der Waals surface area contributed by atoms with Crippen molar-refractivity contribution in [2.24, 2.45) is 5.92 Å². The number of piperidine rings is 1. The molecule has 32 heavy (non-hydrogen) atoms. The zero-order valence-electron chi connectivity index (χ0n) is 19.6. The first-order chi connectivity index (χ1) is 15.4. The number of carbonyl (C=O) groups is 2. The molecule has 0 unspecified atom stereocenters. The van der Waals surface area contributed by atoms with Crippen LogP contribution in [-0.4, -0.2) is 44.1 Å². The maximum atomic E-state index is 13.1. The van der Waals surface area contributed by atoms with Crippen molar-refractivity contribution in [3.63, 3.8) is 0 Å². The van der Waals surface area contributed by atoms with Crippen molar-refractivity contribution in [2.45, 2.75) is 52.1 Å². The van der Waals surface area contributed by atoms with Crippen LogP contribution in [0.25, 0.3) is 0 Å². The molecule has 1 saturated heterocycles. The van der Waals surface area contributed by atoms with Gasteiger partial charge >= 0.3 is 0 Å². The van der Waals surface area contributed by atoms with Gasteiger partial charge in [-0.3, -0.25) is 9.59 Å². The number of aryl methyl sites for hydroxylation is 1. The molecule has 0 saturated carbocycles. The summed E-state index contributed by atoms with van der Waals surface area (Å²) in [5.41, 5.74) is 2.72. The van der Waals surface area contributed by atoms with E-state index in [9.17, 15) is 9.59 Å². The largest absolute Gasteiger partial charge is 0.497 e. The monoisotopic (exact) mass is 437 g/mol. The number of nitrogens with one attached hydrogen (secondary N) is 2. The van der Waals surface area contributed by atoms with Crippen LogP contribution < -0.4 is 20.3 Å². The molecule has 0 aliphatic carbocycles. The van der Waals surface area contributed by atoms with Crippen molar-refractivity contribution < 1.29 is 14.3 Å². The second kappa shape index (κ2) is 11.0. The number of methoxy groups -OCH3 is 1. The fourth-order valence-corrected chi connectivity index (χ4v) is 4.16. The Morgan fingerprint density at radius 1 is 1.16 bits per heavy atom. The number of benzene rings is 2. The number of ether oxygens (including phenoxy) is 1. The lowest BCUT2D eigenvalue weighted by molar-refractivity contribution is -0.124. The molecule has 2 amide bonds. The van der Waals surface area contributed by atoms with Gasteiger partial charge in [-0.05, 0) is 68.5 Å². The van der Waals surface area contributed by atoms with Crippen molar-refractivity contribution in [1.29, 1.82) is 0 Å². The van der Waals surface area contributed by atoms with Crippen molar-refractivity contribution in [2.75, 3.05) is 25.1 Å². The Hall–Kier alpha value is -3.02. The number of hydrogen-bond donors (Lipinski definition) is 2. The third-order valence-electron chi connectivity index (χ3n) is 5.81. The maximum Gasteiger partial charge on any atom is 0.251 e. The summed E-state index contributed by atoms with van der Waals surface area (Å²) in [5, 5.41) is 6.15. The van der Waals surface area contributed by atoms with Gasteiger partial charge in [0.1, 0.15) is 11.8 Å². The first-order valence-corrected chi connectivity index (χ1v) is 11.4. The van der Waals surface area contributed by atoms with Gasteiger partial charge in [0.25, 0.3) is 5.91 Å². The highest BCUT2D eigenvalue weighted by molar-refractivity contribution is 5.97. The molecule has 0 radical (unpaired) electrons. The Balaban J connectivity index is 1.63. The zero-order chi connectivity index (χ0) is 23.1. The summed E-state index contributed by atoms with van der Waals surface area (Å²) in [4.78, 5) is 28.2. The first kappa shape index (κ1) is 23.6. The van der Waals surface area contributed by atoms with Gasteiger partial charge in [0.2, 0.25) is 5.91 Å². The average molecular weight is 438 g/mol. The third-order valence-corrected chi connectivity index (χ3v) is 5.81. The van der Waals surface area contributed by atoms with Gasteiger partial charge in [-0.1, -0.05) is 31.5 Å². The van der Waals surface area contributed by atoms with Gasteiger partial charge in [-0.15, -0.1) is 0 Å². The second-order valence-electron chi connectivity index (χ2n) is 9.02. The van der Waals surface area contributed by atoms with Gasteiger partial charge in [-0.25, -0.2) is 0 Å². The summed E-state index contributed by atoms with van der Waals surface area (Å²) in [6.45, 7) is 7.78. The SMILES string of the molecule is COc1ccc(N2CCC[C@H](NC(=O)[C@H](CC(C)C)NC(=O)c3cccc(C)c3)C2)cc1. The molecule has 0 bridgehead atoms. The summed E-state index contributed by atoms with van der Waals surface area (Å²) >= 11 is 0. The summed E-state index contributed by atoms with van der Waals surface area (Å²) in [6.07, 6.45) is 2.53. The van der Waals surface area contributed by atoms with E-state index < -0.39 is 6.04 Å². The maximum absolute atomic E-state index is 13.1. The van der Waals surface area contributed by atoms with Crippen LogP contribution in [-0.2, 0) is 4.79 Å². The minimum Gasteiger partial charge on any atom is -0.497 e. The van der Waals surface area contributed by atoms with E-state index in [-0.39, 0.29) is 23.8 Å². The van der Waals surface area contributed by atoms with Crippen molar-refractivity contribution in [3.8, 4) is 5.75 Å². The lowest BCUT2D eigenvalue weighted by Gasteiger charge is -2.35. The second-order valence-corrected chi connectivity index (χ2v) is 9.02. The van der Waals surface area contributed by atoms with Crippen molar-refractivity contribution in [1.82, 2.24) is 10.6 Å². The van der Waals surface area contributed by atoms with E-state index in [1.54, 1.807) is 13.2 Å². The highest BCUT2D eigenvalue weighted by Crippen LogP contribution is 2.23. The third kappa shape index (κ3) is 6.49. The minimum atomic E-state index is -0.556. The van der Waals surface area contributed by atoms with Crippen LogP contribution in [0, 0.1) is 12.8 Å². The number of carbonyl (C=O) groups excluding carboxylic acids is 2. The smallest absolute Gasteiger partial charge is 0.251 e. The van der Waals surface area contributed by atoms with Gasteiger partial charge < -0.3 is 20.3 Å². The van der Waals surface area contributed by atoms with Crippen LogP contribution in [0.2, 0.25) is 0 Å². The van der Waals surface area contributed by atoms with E-state index in [1.165, 1.54) is 0 Å². The molecule has 0 spiro atoms. The van der Waals surface area contributed by atoms with Gasteiger partial charge in [0.05, 0.1) is 7.11 Å². The lowest BCUT2D eigenvalue weighted by Crippen LogP contribution is -2.54. The molecule has 1 heterocycles. The van der Waals surface area contributed by atoms with E-state index in [1.807, 2.05) is 49.4 Å². The molecule has 172 valence electrons. The molecule has 6 heteroatoms. The van der Waals surface area contributed by atoms with Gasteiger partial charge in [0, 0.05) is 30.4 Å². The molecule has 2 aromatic rings. The number of anilines is 1. The molecule has 1 aliphatic rings. The molecule has 1 fully saturated rings. The summed E-state index contributed by atoms with van der Waals surface area (Å²) in [5.74, 6) is 0.793. The van der Waals surface area contributed by atoms with Crippen LogP contribution in [0.5, 0.6) is 5.75 Å². The van der Waals surface area contributed by atoms with E-state index in [0.29, 0.717) is 12.0 Å². The Bertz CT molecular complexity index is 911. The molecule has 2 N–H and O–H groups in total. The van der Waals surface area contributed by atoms with Gasteiger partial charge in [0.15, 0.2) is 0 Å². The van der Waals surface area contributed by atoms with E-state index in [0.717, 1.165) is 42.9 Å². The highest BCUT2D eigenvalue weighted by atomic mass is 16.5. The molecule has 3 rings (SSSR count). The standard InChI is InChI=1S/C26H35N3O3/c1-18(2)15-24(28-25(30)20-8-5-7-19(3)16-20)26(31)27-21-9-6-14-29(17-21)22-10-12-23(32-4)13-11-22/h5,7-8,10-13,16,18,21,24H,6,9,14-15,17H2,1-4H3,(H,27,31)(H,28,30)/t21-,24-/m0/s1. The topological polar surface area (TPSA) is 70.7 Å². The van der Waals surface area contributed by atoms with E-state index >= 15 is 0 Å². The van der Waals surface area contributed by atoms with Crippen LogP contribution in [0.1, 0.15) is 49.0 Å². The molecule has 2 aromatic carbocycles. The quantitative estimate of drug-likeness (QED) is 0.656. The van der Waals surface area contributed by atoms with Crippen molar-refractivity contribution >= 4 is 17.5 Å². The number of rotatable bonds is 8. The summed E-state index contributed by atoms with van der Waals surface area (Å²) in [6, 6.07) is 14.9. The number of hydrogen-bond acceptors (Lipinski definition) is 4. The Morgan fingerprint density at radius 3 is 2.56 bits per heavy atom. The minimum absolute atomic E-state index is 0.0453. The molecule has 2 atom stereocenters. The van der Waals surface area contributed by atoms with Crippen LogP contribution in [0.4, 0.5) is 5.69 Å². The molecule has 0 aromatic heterocycles. The normalized spacial score (nSPS) is 17.0. The van der Waals surface area contributed by atoms with Crippen molar-refractivity contribution in [3.05, 3.63) is 59.7 Å². The number of amides is 2. The number of nitrogens with zero attached hydrogens (tertiary/aromatic N) is 1. The van der Waals surface area contributed by atoms with E-state index in [2.05, 4.69) is 29.4 Å².